The van der Waals surface area contributed by atoms with Crippen LogP contribution in [0, 0.1) is 6.92 Å². The number of carbonyl (C=O) groups is 1. The minimum Gasteiger partial charge on any atom is -0.449 e. The van der Waals surface area contributed by atoms with E-state index in [0.717, 1.165) is 36.3 Å². The first-order valence-corrected chi connectivity index (χ1v) is 13.8. The van der Waals surface area contributed by atoms with Crippen LogP contribution in [0.3, 0.4) is 0 Å². The number of amides is 1. The average molecular weight is 520 g/mol. The van der Waals surface area contributed by atoms with E-state index in [1.807, 2.05) is 13.8 Å². The summed E-state index contributed by atoms with van der Waals surface area (Å²) in [5.74, 6) is 5.34. The molecule has 1 fully saturated rings. The minimum atomic E-state index is -3.79. The summed E-state index contributed by atoms with van der Waals surface area (Å²) >= 11 is 0. The Kier molecular flexibility index (Phi) is 9.72. The van der Waals surface area contributed by atoms with E-state index in [1.165, 1.54) is 4.31 Å². The van der Waals surface area contributed by atoms with E-state index in [0.29, 0.717) is 37.6 Å². The molecular weight excluding hydrogens is 482 g/mol. The number of nitrogens with two attached hydrogens (primary N) is 1. The zero-order valence-electron chi connectivity index (χ0n) is 21.3. The van der Waals surface area contributed by atoms with Gasteiger partial charge in [0.1, 0.15) is 0 Å². The zero-order valence-corrected chi connectivity index (χ0v) is 22.1. The summed E-state index contributed by atoms with van der Waals surface area (Å²) in [6.07, 6.45) is 3.58. The van der Waals surface area contributed by atoms with Crippen LogP contribution < -0.4 is 15.2 Å². The van der Waals surface area contributed by atoms with E-state index in [4.69, 9.17) is 20.1 Å². The average Bonchev–Trinajstić information content (AvgIpc) is 3.30. The molecule has 1 saturated heterocycles. The predicted molar refractivity (Wildman–Crippen MR) is 139 cm³/mol. The predicted octanol–water partition coefficient (Wildman–Crippen LogP) is 4.74. The maximum Gasteiger partial charge on any atom is 0.428 e. The number of sulfonamides is 1. The fourth-order valence-electron chi connectivity index (χ4n) is 4.06. The molecule has 2 aromatic rings. The molecule has 0 spiro atoms. The van der Waals surface area contributed by atoms with Gasteiger partial charge in [-0.1, -0.05) is 30.5 Å². The number of benzene rings is 2. The van der Waals surface area contributed by atoms with E-state index in [2.05, 4.69) is 0 Å². The molecule has 0 bridgehead atoms. The molecule has 1 heterocycles. The third-order valence-corrected chi connectivity index (χ3v) is 7.97. The molecule has 0 atom stereocenters. The first-order chi connectivity index (χ1) is 17.2. The second-order valence-corrected chi connectivity index (χ2v) is 10.8. The van der Waals surface area contributed by atoms with E-state index in [9.17, 15) is 13.2 Å². The molecule has 2 N–H and O–H groups in total. The van der Waals surface area contributed by atoms with E-state index in [1.54, 1.807) is 55.5 Å². The van der Waals surface area contributed by atoms with Crippen LogP contribution in [0.15, 0.2) is 53.4 Å². The van der Waals surface area contributed by atoms with Crippen LogP contribution in [0.25, 0.3) is 0 Å². The van der Waals surface area contributed by atoms with E-state index >= 15 is 0 Å². The summed E-state index contributed by atoms with van der Waals surface area (Å²) in [5, 5.41) is 0.893. The number of carbonyl (C=O) groups excluding carboxylic acids is 1. The summed E-state index contributed by atoms with van der Waals surface area (Å²) in [4.78, 5) is 12.2. The van der Waals surface area contributed by atoms with Crippen LogP contribution in [0.4, 0.5) is 16.2 Å². The molecule has 1 amide bonds. The van der Waals surface area contributed by atoms with Crippen molar-refractivity contribution in [1.29, 1.82) is 0 Å². The monoisotopic (exact) mass is 519 g/mol. The van der Waals surface area contributed by atoms with E-state index < -0.39 is 21.9 Å². The normalized spacial score (nSPS) is 15.0. The molecule has 36 heavy (non-hydrogen) atoms. The molecular formula is C26H37N3O6S. The summed E-state index contributed by atoms with van der Waals surface area (Å²) in [5.41, 5.74) is 1.88. The highest BCUT2D eigenvalue weighted by atomic mass is 32.2. The Morgan fingerprint density at radius 1 is 0.972 bits per heavy atom. The summed E-state index contributed by atoms with van der Waals surface area (Å²) in [6.45, 7) is 7.35. The number of aryl methyl sites for hydroxylation is 1. The Morgan fingerprint density at radius 3 is 2.17 bits per heavy atom. The number of hydrogen-bond donors (Lipinski definition) is 1. The number of unbranched alkanes of at least 4 members (excludes halogenated alkanes) is 3. The SMILES string of the molecule is CCOC(=O)N(N)c1ccc(N(CCCCCCC2(C)OCCO2)S(=O)(=O)c2ccc(C)cc2)cc1. The third-order valence-electron chi connectivity index (χ3n) is 6.13. The quantitative estimate of drug-likeness (QED) is 0.187. The number of rotatable bonds is 12. The van der Waals surface area contributed by atoms with Crippen LogP contribution in [0.5, 0.6) is 0 Å². The van der Waals surface area contributed by atoms with Crippen LogP contribution in [0.2, 0.25) is 0 Å². The van der Waals surface area contributed by atoms with Gasteiger partial charge in [0, 0.05) is 13.0 Å². The molecule has 10 heteroatoms. The second-order valence-electron chi connectivity index (χ2n) is 8.97. The standard InChI is InChI=1S/C26H37N3O6S/c1-4-33-25(30)29(27)23-13-11-22(12-14-23)28(36(31,32)24-15-9-21(2)10-16-24)18-8-6-5-7-17-26(3)34-19-20-35-26/h9-16H,4-8,17-20,27H2,1-3H3. The van der Waals surface area contributed by atoms with Crippen molar-refractivity contribution >= 4 is 27.5 Å². The fourth-order valence-corrected chi connectivity index (χ4v) is 5.56. The molecule has 1 aliphatic heterocycles. The van der Waals surface area contributed by atoms with Crippen LogP contribution in [-0.2, 0) is 24.2 Å². The highest BCUT2D eigenvalue weighted by Gasteiger charge is 2.30. The van der Waals surface area contributed by atoms with Crippen molar-refractivity contribution in [2.75, 3.05) is 35.7 Å². The summed E-state index contributed by atoms with van der Waals surface area (Å²) in [6, 6.07) is 13.3. The summed E-state index contributed by atoms with van der Waals surface area (Å²) in [7, 11) is -3.79. The van der Waals surface area contributed by atoms with Gasteiger partial charge in [0.25, 0.3) is 10.0 Å². The van der Waals surface area contributed by atoms with Gasteiger partial charge in [-0.15, -0.1) is 0 Å². The highest BCUT2D eigenvalue weighted by molar-refractivity contribution is 7.92. The van der Waals surface area contributed by atoms with Gasteiger partial charge in [-0.3, -0.25) is 4.31 Å². The van der Waals surface area contributed by atoms with Crippen molar-refractivity contribution in [3.05, 3.63) is 54.1 Å². The first kappa shape index (κ1) is 27.9. The lowest BCUT2D eigenvalue weighted by molar-refractivity contribution is -0.147. The Bertz CT molecular complexity index is 1080. The lowest BCUT2D eigenvalue weighted by atomic mass is 10.1. The van der Waals surface area contributed by atoms with Gasteiger partial charge < -0.3 is 14.2 Å². The second kappa shape index (κ2) is 12.5. The van der Waals surface area contributed by atoms with Gasteiger partial charge in [-0.2, -0.15) is 0 Å². The van der Waals surface area contributed by atoms with Crippen molar-refractivity contribution in [3.8, 4) is 0 Å². The number of hydrogen-bond acceptors (Lipinski definition) is 7. The van der Waals surface area contributed by atoms with Crippen molar-refractivity contribution in [2.24, 2.45) is 5.84 Å². The maximum atomic E-state index is 13.6. The molecule has 2 aromatic carbocycles. The zero-order chi connectivity index (χ0) is 26.2. The molecule has 0 aliphatic carbocycles. The van der Waals surface area contributed by atoms with Crippen LogP contribution in [0.1, 0.15) is 51.5 Å². The van der Waals surface area contributed by atoms with Gasteiger partial charge in [0.15, 0.2) is 5.79 Å². The Morgan fingerprint density at radius 2 is 1.56 bits per heavy atom. The van der Waals surface area contributed by atoms with Crippen LogP contribution >= 0.6 is 0 Å². The number of anilines is 2. The number of nitrogens with zero attached hydrogens (tertiary/aromatic N) is 2. The van der Waals surface area contributed by atoms with Gasteiger partial charge >= 0.3 is 6.09 Å². The number of ether oxygens (including phenoxy) is 3. The Hall–Kier alpha value is -2.66. The minimum absolute atomic E-state index is 0.201. The lowest BCUT2D eigenvalue weighted by Crippen LogP contribution is -2.38. The Balaban J connectivity index is 1.70. The molecule has 1 aliphatic rings. The van der Waals surface area contributed by atoms with Crippen molar-refractivity contribution < 1.29 is 27.4 Å². The number of hydrazine groups is 1. The molecule has 0 saturated carbocycles. The maximum absolute atomic E-state index is 13.6. The van der Waals surface area contributed by atoms with E-state index in [-0.39, 0.29) is 11.5 Å². The molecule has 9 nitrogen and oxygen atoms in total. The van der Waals surface area contributed by atoms with Crippen molar-refractivity contribution in [3.63, 3.8) is 0 Å². The molecule has 0 aromatic heterocycles. The molecule has 198 valence electrons. The van der Waals surface area contributed by atoms with Gasteiger partial charge in [0.05, 0.1) is 36.1 Å². The fraction of sp³-hybridized carbons (Fsp3) is 0.500. The molecule has 0 unspecified atom stereocenters. The van der Waals surface area contributed by atoms with Gasteiger partial charge in [0.2, 0.25) is 0 Å². The highest BCUT2D eigenvalue weighted by Crippen LogP contribution is 2.28. The largest absolute Gasteiger partial charge is 0.449 e. The van der Waals surface area contributed by atoms with Crippen molar-refractivity contribution in [2.45, 2.75) is 63.6 Å². The lowest BCUT2D eigenvalue weighted by Gasteiger charge is -2.26. The topological polar surface area (TPSA) is 111 Å². The smallest absolute Gasteiger partial charge is 0.428 e. The first-order valence-electron chi connectivity index (χ1n) is 12.4. The summed E-state index contributed by atoms with van der Waals surface area (Å²) < 4.78 is 44.8. The molecule has 3 rings (SSSR count). The van der Waals surface area contributed by atoms with Crippen molar-refractivity contribution in [1.82, 2.24) is 0 Å². The van der Waals surface area contributed by atoms with Crippen LogP contribution in [-0.4, -0.2) is 46.7 Å². The third kappa shape index (κ3) is 7.19. The van der Waals surface area contributed by atoms with Gasteiger partial charge in [-0.05, 0) is 70.0 Å². The Labute approximate surface area is 214 Å². The molecule has 0 radical (unpaired) electrons. The van der Waals surface area contributed by atoms with Gasteiger partial charge in [-0.25, -0.2) is 24.1 Å².